The van der Waals surface area contributed by atoms with Gasteiger partial charge < -0.3 is 5.01 Å². The van der Waals surface area contributed by atoms with Crippen LogP contribution in [0.5, 0.6) is 0 Å². The number of fused-ring (bicyclic) bond motifs is 1. The van der Waals surface area contributed by atoms with Crippen molar-refractivity contribution in [2.75, 3.05) is 18.1 Å². The smallest absolute Gasteiger partial charge is 0.179 e. The fourth-order valence-electron chi connectivity index (χ4n) is 2.71. The number of hydrogen-bond donors (Lipinski definition) is 0. The largest absolute Gasteiger partial charge is 0.310 e. The molecule has 0 radical (unpaired) electrons. The summed E-state index contributed by atoms with van der Waals surface area (Å²) in [6.45, 7) is 6.15. The summed E-state index contributed by atoms with van der Waals surface area (Å²) in [7, 11) is 0. The lowest BCUT2D eigenvalue weighted by Crippen LogP contribution is -2.40. The van der Waals surface area contributed by atoms with Gasteiger partial charge in [-0.2, -0.15) is 0 Å². The molecule has 0 spiro atoms. The Morgan fingerprint density at radius 3 is 2.68 bits per heavy atom. The Labute approximate surface area is 118 Å². The third-order valence-corrected chi connectivity index (χ3v) is 3.92. The number of hydrogen-bond acceptors (Lipinski definition) is 3. The number of rotatable bonds is 2. The molecule has 0 saturated carbocycles. The van der Waals surface area contributed by atoms with Crippen molar-refractivity contribution in [3.8, 4) is 0 Å². The van der Waals surface area contributed by atoms with E-state index >= 15 is 0 Å². The highest BCUT2D eigenvalue weighted by molar-refractivity contribution is 6.20. The average Bonchev–Trinajstić information content (AvgIpc) is 2.81. The van der Waals surface area contributed by atoms with Crippen molar-refractivity contribution in [3.63, 3.8) is 0 Å². The lowest BCUT2D eigenvalue weighted by Gasteiger charge is -2.31. The number of pyridine rings is 1. The maximum absolute atomic E-state index is 6.31. The molecule has 2 aromatic heterocycles. The molecule has 4 nitrogen and oxygen atoms in total. The van der Waals surface area contributed by atoms with Gasteiger partial charge in [-0.3, -0.25) is 0 Å². The summed E-state index contributed by atoms with van der Waals surface area (Å²) in [6, 6.07) is 2.00. The Kier molecular flexibility index (Phi) is 3.35. The molecule has 1 aliphatic heterocycles. The Morgan fingerprint density at radius 1 is 1.26 bits per heavy atom. The Bertz CT molecular complexity index is 584. The van der Waals surface area contributed by atoms with Crippen LogP contribution in [0.2, 0.25) is 0 Å². The molecule has 0 aromatic carbocycles. The van der Waals surface area contributed by atoms with Gasteiger partial charge in [0.25, 0.3) is 0 Å². The van der Waals surface area contributed by atoms with Crippen molar-refractivity contribution in [1.82, 2.24) is 14.6 Å². The van der Waals surface area contributed by atoms with Gasteiger partial charge in [-0.05, 0) is 44.7 Å². The number of piperidine rings is 1. The van der Waals surface area contributed by atoms with Crippen molar-refractivity contribution in [3.05, 3.63) is 23.7 Å². The van der Waals surface area contributed by atoms with E-state index in [0.717, 1.165) is 35.6 Å². The van der Waals surface area contributed by atoms with E-state index in [1.807, 2.05) is 19.2 Å². The van der Waals surface area contributed by atoms with Crippen molar-refractivity contribution in [2.24, 2.45) is 0 Å². The lowest BCUT2D eigenvalue weighted by molar-refractivity contribution is 0.473. The van der Waals surface area contributed by atoms with Crippen LogP contribution in [0, 0.1) is 6.92 Å². The number of nitrogens with zero attached hydrogens (tertiary/aromatic N) is 4. The van der Waals surface area contributed by atoms with Gasteiger partial charge in [-0.1, -0.05) is 0 Å². The van der Waals surface area contributed by atoms with E-state index in [9.17, 15) is 0 Å². The fraction of sp³-hybridized carbons (Fsp3) is 0.571. The van der Waals surface area contributed by atoms with Gasteiger partial charge in [0, 0.05) is 19.3 Å². The maximum atomic E-state index is 6.31. The maximum Gasteiger partial charge on any atom is 0.179 e. The molecule has 1 atom stereocenters. The van der Waals surface area contributed by atoms with E-state index in [-0.39, 0.29) is 5.38 Å². The zero-order valence-electron chi connectivity index (χ0n) is 11.4. The highest BCUT2D eigenvalue weighted by atomic mass is 35.5. The molecule has 1 fully saturated rings. The third-order valence-electron chi connectivity index (χ3n) is 3.72. The molecule has 0 aliphatic carbocycles. The first-order chi connectivity index (χ1) is 9.18. The molecule has 0 bridgehead atoms. The topological polar surface area (TPSA) is 34.0 Å². The highest BCUT2D eigenvalue weighted by Gasteiger charge is 2.22. The highest BCUT2D eigenvalue weighted by Crippen LogP contribution is 2.26. The van der Waals surface area contributed by atoms with E-state index < -0.39 is 0 Å². The molecule has 2 aromatic rings. The van der Waals surface area contributed by atoms with Gasteiger partial charge in [0.05, 0.1) is 5.38 Å². The number of imidazole rings is 1. The molecule has 3 rings (SSSR count). The zero-order chi connectivity index (χ0) is 13.4. The van der Waals surface area contributed by atoms with Crippen molar-refractivity contribution in [2.45, 2.75) is 38.5 Å². The van der Waals surface area contributed by atoms with Crippen LogP contribution in [0.15, 0.2) is 12.3 Å². The van der Waals surface area contributed by atoms with Gasteiger partial charge in [0.2, 0.25) is 0 Å². The first-order valence-electron chi connectivity index (χ1n) is 6.91. The van der Waals surface area contributed by atoms with E-state index in [1.54, 1.807) is 0 Å². The number of aromatic nitrogens is 3. The summed E-state index contributed by atoms with van der Waals surface area (Å²) in [4.78, 5) is 9.23. The molecule has 1 aliphatic rings. The normalized spacial score (nSPS) is 17.9. The molecule has 19 heavy (non-hydrogen) atoms. The van der Waals surface area contributed by atoms with Crippen molar-refractivity contribution >= 4 is 22.8 Å². The minimum absolute atomic E-state index is 0.115. The molecule has 0 amide bonds. The van der Waals surface area contributed by atoms with Crippen LogP contribution in [0.3, 0.4) is 0 Å². The summed E-state index contributed by atoms with van der Waals surface area (Å²) in [5.41, 5.74) is 3.05. The van der Waals surface area contributed by atoms with Crippen molar-refractivity contribution in [1.29, 1.82) is 0 Å². The van der Waals surface area contributed by atoms with E-state index in [1.165, 1.54) is 19.3 Å². The van der Waals surface area contributed by atoms with Crippen LogP contribution >= 0.6 is 11.6 Å². The number of halogens is 1. The molecule has 5 heteroatoms. The first kappa shape index (κ1) is 12.7. The van der Waals surface area contributed by atoms with E-state index in [0.29, 0.717) is 0 Å². The third kappa shape index (κ3) is 2.18. The van der Waals surface area contributed by atoms with Crippen LogP contribution < -0.4 is 5.01 Å². The first-order valence-corrected chi connectivity index (χ1v) is 7.35. The van der Waals surface area contributed by atoms with Crippen LogP contribution in [0.1, 0.15) is 43.0 Å². The van der Waals surface area contributed by atoms with Gasteiger partial charge in [-0.25, -0.2) is 14.6 Å². The molecular formula is C14H19ClN4. The van der Waals surface area contributed by atoms with E-state index in [4.69, 9.17) is 16.6 Å². The summed E-state index contributed by atoms with van der Waals surface area (Å²) in [5, 5.41) is 2.22. The summed E-state index contributed by atoms with van der Waals surface area (Å²) >= 11 is 6.31. The van der Waals surface area contributed by atoms with Gasteiger partial charge in [-0.15, -0.1) is 11.6 Å². The zero-order valence-corrected chi connectivity index (χ0v) is 12.2. The predicted molar refractivity (Wildman–Crippen MR) is 78.3 cm³/mol. The minimum atomic E-state index is -0.115. The van der Waals surface area contributed by atoms with Crippen LogP contribution in [0.25, 0.3) is 11.2 Å². The Morgan fingerprint density at radius 2 is 2.00 bits per heavy atom. The minimum Gasteiger partial charge on any atom is -0.310 e. The molecular weight excluding hydrogens is 260 g/mol. The quantitative estimate of drug-likeness (QED) is 0.792. The fourth-order valence-corrected chi connectivity index (χ4v) is 2.85. The molecule has 0 N–H and O–H groups in total. The molecule has 1 saturated heterocycles. The van der Waals surface area contributed by atoms with Crippen LogP contribution in [0.4, 0.5) is 0 Å². The second-order valence-corrected chi connectivity index (χ2v) is 5.87. The summed E-state index contributed by atoms with van der Waals surface area (Å²) in [6.07, 6.45) is 5.60. The van der Waals surface area contributed by atoms with Gasteiger partial charge in [0.15, 0.2) is 5.65 Å². The molecule has 1 unspecified atom stereocenters. The number of aryl methyl sites for hydroxylation is 1. The second-order valence-electron chi connectivity index (χ2n) is 5.21. The van der Waals surface area contributed by atoms with Crippen molar-refractivity contribution < 1.29 is 0 Å². The lowest BCUT2D eigenvalue weighted by atomic mass is 10.2. The summed E-state index contributed by atoms with van der Waals surface area (Å²) in [5.74, 6) is 0.903. The Hall–Kier alpha value is -1.29. The van der Waals surface area contributed by atoms with Gasteiger partial charge >= 0.3 is 0 Å². The SMILES string of the molecule is Cc1ccnc2c1nc(C(C)Cl)n2N1CCCCC1. The standard InChI is InChI=1S/C14H19ClN4/c1-10-6-7-16-14-12(10)17-13(11(2)15)19(14)18-8-4-3-5-9-18/h6-7,11H,3-5,8-9H2,1-2H3. The molecule has 3 heterocycles. The average molecular weight is 279 g/mol. The van der Waals surface area contributed by atoms with Gasteiger partial charge in [0.1, 0.15) is 11.3 Å². The van der Waals surface area contributed by atoms with Crippen LogP contribution in [-0.4, -0.2) is 27.7 Å². The predicted octanol–water partition coefficient (Wildman–Crippen LogP) is 3.16. The molecule has 102 valence electrons. The van der Waals surface area contributed by atoms with Crippen LogP contribution in [-0.2, 0) is 0 Å². The monoisotopic (exact) mass is 278 g/mol. The number of alkyl halides is 1. The summed E-state index contributed by atoms with van der Waals surface area (Å²) < 4.78 is 2.14. The second kappa shape index (κ2) is 5.00. The Balaban J connectivity index is 2.18. The van der Waals surface area contributed by atoms with E-state index in [2.05, 4.69) is 21.6 Å².